The third kappa shape index (κ3) is 7.40. The molecule has 0 aromatic heterocycles. The van der Waals surface area contributed by atoms with Crippen LogP contribution in [0.4, 0.5) is 5.69 Å². The lowest BCUT2D eigenvalue weighted by molar-refractivity contribution is -0.119. The molecular formula is C25H23N3O6S. The molecule has 3 rings (SSSR count). The fraction of sp³-hybridized carbons (Fsp3) is 0.160. The van der Waals surface area contributed by atoms with Crippen LogP contribution in [0.3, 0.4) is 0 Å². The van der Waals surface area contributed by atoms with Crippen molar-refractivity contribution in [1.82, 2.24) is 4.72 Å². The topological polar surface area (TPSA) is 135 Å². The van der Waals surface area contributed by atoms with Crippen LogP contribution < -0.4 is 14.8 Å². The highest BCUT2D eigenvalue weighted by Crippen LogP contribution is 2.29. The number of carbonyl (C=O) groups excluding carboxylic acids is 2. The molecule has 2 N–H and O–H groups in total. The summed E-state index contributed by atoms with van der Waals surface area (Å²) in [7, 11) is -3.79. The van der Waals surface area contributed by atoms with E-state index < -0.39 is 28.5 Å². The minimum Gasteiger partial charge on any atom is -0.455 e. The zero-order valence-electron chi connectivity index (χ0n) is 18.9. The van der Waals surface area contributed by atoms with E-state index in [0.717, 1.165) is 5.56 Å². The molecule has 0 heterocycles. The van der Waals surface area contributed by atoms with Gasteiger partial charge < -0.3 is 14.8 Å². The Balaban J connectivity index is 1.56. The summed E-state index contributed by atoms with van der Waals surface area (Å²) in [4.78, 5) is 24.6. The Labute approximate surface area is 203 Å². The van der Waals surface area contributed by atoms with Crippen LogP contribution in [-0.4, -0.2) is 33.4 Å². The highest BCUT2D eigenvalue weighted by atomic mass is 32.2. The molecule has 0 bridgehead atoms. The van der Waals surface area contributed by atoms with E-state index >= 15 is 0 Å². The Morgan fingerprint density at radius 3 is 2.34 bits per heavy atom. The summed E-state index contributed by atoms with van der Waals surface area (Å²) in [6.07, 6.45) is 0.0360. The number of aryl methyl sites for hydroxylation is 1. The van der Waals surface area contributed by atoms with Gasteiger partial charge in [0.25, 0.3) is 5.91 Å². The first-order chi connectivity index (χ1) is 16.8. The van der Waals surface area contributed by atoms with E-state index in [0.29, 0.717) is 17.2 Å². The summed E-state index contributed by atoms with van der Waals surface area (Å²) in [6.45, 7) is 1.40. The van der Waals surface area contributed by atoms with Crippen molar-refractivity contribution in [3.8, 4) is 17.6 Å². The molecule has 0 aliphatic rings. The second kappa shape index (κ2) is 11.8. The number of nitrogens with zero attached hydrogens (tertiary/aromatic N) is 1. The number of hydrogen-bond donors (Lipinski definition) is 2. The Hall–Kier alpha value is -4.20. The SMILES string of the molecule is Cc1ccc(Oc2ccccc2NC(=O)COC(=O)c2ccc(S(=O)(=O)NCCC#N)cc2)cc1. The molecule has 0 spiro atoms. The molecule has 3 aromatic rings. The predicted octanol–water partition coefficient (Wildman–Crippen LogP) is 3.77. The fourth-order valence-corrected chi connectivity index (χ4v) is 3.92. The second-order valence-corrected chi connectivity index (χ2v) is 9.13. The third-order valence-electron chi connectivity index (χ3n) is 4.67. The van der Waals surface area contributed by atoms with Gasteiger partial charge in [-0.25, -0.2) is 17.9 Å². The maximum Gasteiger partial charge on any atom is 0.338 e. The van der Waals surface area contributed by atoms with Crippen molar-refractivity contribution < 1.29 is 27.5 Å². The quantitative estimate of drug-likeness (QED) is 0.324. The van der Waals surface area contributed by atoms with Crippen molar-refractivity contribution in [2.45, 2.75) is 18.2 Å². The molecule has 0 radical (unpaired) electrons. The van der Waals surface area contributed by atoms with E-state index in [-0.39, 0.29) is 23.4 Å². The summed E-state index contributed by atoms with van der Waals surface area (Å²) in [5, 5.41) is 11.2. The Bertz CT molecular complexity index is 1330. The van der Waals surface area contributed by atoms with Crippen LogP contribution in [-0.2, 0) is 19.6 Å². The van der Waals surface area contributed by atoms with Gasteiger partial charge in [-0.05, 0) is 55.5 Å². The lowest BCUT2D eigenvalue weighted by atomic mass is 10.2. The van der Waals surface area contributed by atoms with Crippen LogP contribution in [0.25, 0.3) is 0 Å². The van der Waals surface area contributed by atoms with E-state index in [1.54, 1.807) is 24.3 Å². The van der Waals surface area contributed by atoms with Gasteiger partial charge in [-0.3, -0.25) is 4.79 Å². The van der Waals surface area contributed by atoms with Gasteiger partial charge in [0.2, 0.25) is 10.0 Å². The first kappa shape index (κ1) is 25.4. The Kier molecular flexibility index (Phi) is 8.56. The number of nitrogens with one attached hydrogen (secondary N) is 2. The summed E-state index contributed by atoms with van der Waals surface area (Å²) >= 11 is 0. The van der Waals surface area contributed by atoms with Crippen LogP contribution in [0, 0.1) is 18.3 Å². The van der Waals surface area contributed by atoms with Crippen molar-refractivity contribution in [2.75, 3.05) is 18.5 Å². The number of hydrogen-bond acceptors (Lipinski definition) is 7. The van der Waals surface area contributed by atoms with Gasteiger partial charge in [0.1, 0.15) is 5.75 Å². The lowest BCUT2D eigenvalue weighted by Gasteiger charge is -2.12. The number of amides is 1. The van der Waals surface area contributed by atoms with Crippen LogP contribution in [0.5, 0.6) is 11.5 Å². The average Bonchev–Trinajstić information content (AvgIpc) is 2.85. The summed E-state index contributed by atoms with van der Waals surface area (Å²) in [5.74, 6) is -0.324. The molecule has 0 saturated carbocycles. The van der Waals surface area contributed by atoms with Crippen molar-refractivity contribution in [3.63, 3.8) is 0 Å². The molecule has 1 amide bonds. The lowest BCUT2D eigenvalue weighted by Crippen LogP contribution is -2.24. The molecule has 0 saturated heterocycles. The van der Waals surface area contributed by atoms with Gasteiger partial charge in [0.05, 0.1) is 22.2 Å². The van der Waals surface area contributed by atoms with Crippen LogP contribution in [0.2, 0.25) is 0 Å². The molecule has 0 atom stereocenters. The molecule has 0 aliphatic heterocycles. The van der Waals surface area contributed by atoms with Crippen molar-refractivity contribution in [1.29, 1.82) is 5.26 Å². The number of esters is 1. The van der Waals surface area contributed by atoms with Gasteiger partial charge in [-0.1, -0.05) is 29.8 Å². The third-order valence-corrected chi connectivity index (χ3v) is 6.15. The van der Waals surface area contributed by atoms with Gasteiger partial charge >= 0.3 is 5.97 Å². The van der Waals surface area contributed by atoms with Crippen LogP contribution in [0.15, 0.2) is 77.7 Å². The molecule has 10 heteroatoms. The van der Waals surface area contributed by atoms with E-state index in [1.807, 2.05) is 37.3 Å². The molecular weight excluding hydrogens is 470 g/mol. The molecule has 0 aliphatic carbocycles. The zero-order valence-corrected chi connectivity index (χ0v) is 19.7. The van der Waals surface area contributed by atoms with Crippen LogP contribution >= 0.6 is 0 Å². The minimum atomic E-state index is -3.79. The number of sulfonamides is 1. The highest BCUT2D eigenvalue weighted by Gasteiger charge is 2.16. The number of ether oxygens (including phenoxy) is 2. The fourth-order valence-electron chi connectivity index (χ4n) is 2.89. The Morgan fingerprint density at radius 2 is 1.66 bits per heavy atom. The van der Waals surface area contributed by atoms with E-state index in [9.17, 15) is 18.0 Å². The van der Waals surface area contributed by atoms with Crippen LogP contribution in [0.1, 0.15) is 22.3 Å². The normalized spacial score (nSPS) is 10.7. The summed E-state index contributed by atoms with van der Waals surface area (Å²) in [5.41, 5.74) is 1.58. The predicted molar refractivity (Wildman–Crippen MR) is 128 cm³/mol. The molecule has 35 heavy (non-hydrogen) atoms. The summed E-state index contributed by atoms with van der Waals surface area (Å²) < 4.78 is 37.4. The van der Waals surface area contributed by atoms with Gasteiger partial charge in [-0.2, -0.15) is 5.26 Å². The summed E-state index contributed by atoms with van der Waals surface area (Å²) in [6, 6.07) is 21.2. The van der Waals surface area contributed by atoms with Gasteiger partial charge in [0.15, 0.2) is 12.4 Å². The number of para-hydroxylation sites is 2. The maximum absolute atomic E-state index is 12.4. The average molecular weight is 494 g/mol. The molecule has 3 aromatic carbocycles. The zero-order chi connectivity index (χ0) is 25.3. The first-order valence-electron chi connectivity index (χ1n) is 10.6. The van der Waals surface area contributed by atoms with Crippen molar-refractivity contribution >= 4 is 27.6 Å². The second-order valence-electron chi connectivity index (χ2n) is 7.37. The smallest absolute Gasteiger partial charge is 0.338 e. The number of anilines is 1. The number of carbonyl (C=O) groups is 2. The number of rotatable bonds is 10. The van der Waals surface area contributed by atoms with E-state index in [2.05, 4.69) is 10.0 Å². The largest absolute Gasteiger partial charge is 0.455 e. The van der Waals surface area contributed by atoms with Gasteiger partial charge in [0, 0.05) is 13.0 Å². The molecule has 0 unspecified atom stereocenters. The number of benzene rings is 3. The highest BCUT2D eigenvalue weighted by molar-refractivity contribution is 7.89. The molecule has 0 fully saturated rings. The van der Waals surface area contributed by atoms with E-state index in [4.69, 9.17) is 14.7 Å². The van der Waals surface area contributed by atoms with Crippen molar-refractivity contribution in [2.24, 2.45) is 0 Å². The molecule has 180 valence electrons. The Morgan fingerprint density at radius 1 is 0.971 bits per heavy atom. The maximum atomic E-state index is 12.4. The van der Waals surface area contributed by atoms with Crippen molar-refractivity contribution in [3.05, 3.63) is 83.9 Å². The van der Waals surface area contributed by atoms with Gasteiger partial charge in [-0.15, -0.1) is 0 Å². The minimum absolute atomic E-state index is 0.0169. The standard InChI is InChI=1S/C25H23N3O6S/c1-18-7-11-20(12-8-18)34-23-6-3-2-5-22(23)28-24(29)17-33-25(30)19-9-13-21(14-10-19)35(31,32)27-16-4-15-26/h2-3,5-14,27H,4,16-17H2,1H3,(H,28,29). The first-order valence-corrected chi connectivity index (χ1v) is 12.0. The van der Waals surface area contributed by atoms with E-state index in [1.165, 1.54) is 24.3 Å². The number of nitriles is 1. The molecule has 9 nitrogen and oxygen atoms in total. The monoisotopic (exact) mass is 493 g/mol.